The normalized spacial score (nSPS) is 10.1. The zero-order valence-corrected chi connectivity index (χ0v) is 9.48. The molecule has 0 aliphatic carbocycles. The van der Waals surface area contributed by atoms with Crippen LogP contribution < -0.4 is 4.74 Å². The van der Waals surface area contributed by atoms with Gasteiger partial charge in [0.2, 0.25) is 0 Å². The standard InChI is InChI=1S/C11H10ClN3O/c1-8-2-3-10(7-13-8)16-11-14-5-9(4-12)6-15-11/h2-3,5-7H,4H2,1H3. The zero-order chi connectivity index (χ0) is 11.4. The van der Waals surface area contributed by atoms with E-state index in [0.29, 0.717) is 17.6 Å². The Morgan fingerprint density at radius 3 is 2.44 bits per heavy atom. The van der Waals surface area contributed by atoms with E-state index in [9.17, 15) is 0 Å². The number of ether oxygens (including phenoxy) is 1. The van der Waals surface area contributed by atoms with Gasteiger partial charge in [0.1, 0.15) is 5.75 Å². The lowest BCUT2D eigenvalue weighted by molar-refractivity contribution is 0.439. The fraction of sp³-hybridized carbons (Fsp3) is 0.182. The number of rotatable bonds is 3. The van der Waals surface area contributed by atoms with E-state index in [0.717, 1.165) is 11.3 Å². The summed E-state index contributed by atoms with van der Waals surface area (Å²) in [5.41, 5.74) is 1.79. The third-order valence-electron chi connectivity index (χ3n) is 1.93. The van der Waals surface area contributed by atoms with Gasteiger partial charge in [0.25, 0.3) is 0 Å². The van der Waals surface area contributed by atoms with Gasteiger partial charge < -0.3 is 4.74 Å². The molecule has 82 valence electrons. The van der Waals surface area contributed by atoms with Crippen molar-refractivity contribution in [2.24, 2.45) is 0 Å². The molecular weight excluding hydrogens is 226 g/mol. The van der Waals surface area contributed by atoms with Gasteiger partial charge in [-0.05, 0) is 19.1 Å². The number of alkyl halides is 1. The van der Waals surface area contributed by atoms with Crippen LogP contribution in [-0.2, 0) is 5.88 Å². The van der Waals surface area contributed by atoms with Crippen molar-refractivity contribution >= 4 is 11.6 Å². The summed E-state index contributed by atoms with van der Waals surface area (Å²) < 4.78 is 5.41. The lowest BCUT2D eigenvalue weighted by Crippen LogP contribution is -1.93. The van der Waals surface area contributed by atoms with Gasteiger partial charge in [-0.1, -0.05) is 0 Å². The molecule has 0 atom stereocenters. The van der Waals surface area contributed by atoms with E-state index in [2.05, 4.69) is 15.0 Å². The largest absolute Gasteiger partial charge is 0.423 e. The smallest absolute Gasteiger partial charge is 0.321 e. The van der Waals surface area contributed by atoms with Crippen LogP contribution in [0.15, 0.2) is 30.7 Å². The first-order valence-electron chi connectivity index (χ1n) is 4.75. The minimum atomic E-state index is 0.291. The summed E-state index contributed by atoms with van der Waals surface area (Å²) in [5.74, 6) is 1.01. The van der Waals surface area contributed by atoms with Gasteiger partial charge in [-0.2, -0.15) is 0 Å². The lowest BCUT2D eigenvalue weighted by Gasteiger charge is -2.03. The summed E-state index contributed by atoms with van der Waals surface area (Å²) in [6.07, 6.45) is 4.90. The monoisotopic (exact) mass is 235 g/mol. The first-order chi connectivity index (χ1) is 7.78. The van der Waals surface area contributed by atoms with Gasteiger partial charge in [-0.3, -0.25) is 4.98 Å². The summed E-state index contributed by atoms with van der Waals surface area (Å²) >= 11 is 5.63. The van der Waals surface area contributed by atoms with Crippen molar-refractivity contribution in [3.05, 3.63) is 42.0 Å². The van der Waals surface area contributed by atoms with E-state index in [1.807, 2.05) is 19.1 Å². The topological polar surface area (TPSA) is 47.9 Å². The molecule has 0 saturated carbocycles. The molecule has 0 aromatic carbocycles. The molecule has 16 heavy (non-hydrogen) atoms. The molecule has 0 aliphatic heterocycles. The molecule has 2 aromatic heterocycles. The molecule has 0 spiro atoms. The lowest BCUT2D eigenvalue weighted by atomic mass is 10.4. The fourth-order valence-electron chi connectivity index (χ4n) is 1.08. The Hall–Kier alpha value is -1.68. The van der Waals surface area contributed by atoms with Crippen molar-refractivity contribution in [3.63, 3.8) is 0 Å². The molecule has 5 heteroatoms. The van der Waals surface area contributed by atoms with Crippen molar-refractivity contribution in [2.75, 3.05) is 0 Å². The molecule has 2 aromatic rings. The van der Waals surface area contributed by atoms with E-state index in [1.165, 1.54) is 0 Å². The van der Waals surface area contributed by atoms with Crippen LogP contribution in [0.1, 0.15) is 11.3 Å². The van der Waals surface area contributed by atoms with E-state index < -0.39 is 0 Å². The Balaban J connectivity index is 2.11. The molecule has 0 unspecified atom stereocenters. The van der Waals surface area contributed by atoms with Gasteiger partial charge in [0.05, 0.1) is 12.1 Å². The van der Waals surface area contributed by atoms with Crippen LogP contribution in [0.25, 0.3) is 0 Å². The number of hydrogen-bond acceptors (Lipinski definition) is 4. The molecule has 0 N–H and O–H groups in total. The Bertz CT molecular complexity index is 456. The number of pyridine rings is 1. The maximum atomic E-state index is 5.63. The van der Waals surface area contributed by atoms with Crippen LogP contribution >= 0.6 is 11.6 Å². The number of aryl methyl sites for hydroxylation is 1. The van der Waals surface area contributed by atoms with Crippen LogP contribution in [0.5, 0.6) is 11.8 Å². The summed E-state index contributed by atoms with van der Waals surface area (Å²) in [6, 6.07) is 3.98. The molecule has 0 amide bonds. The first-order valence-corrected chi connectivity index (χ1v) is 5.29. The second-order valence-corrected chi connectivity index (χ2v) is 3.51. The van der Waals surface area contributed by atoms with Gasteiger partial charge in [-0.25, -0.2) is 9.97 Å². The van der Waals surface area contributed by atoms with E-state index in [1.54, 1.807) is 18.6 Å². The van der Waals surface area contributed by atoms with Crippen molar-refractivity contribution < 1.29 is 4.74 Å². The highest BCUT2D eigenvalue weighted by Crippen LogP contribution is 2.16. The molecule has 0 aliphatic rings. The Morgan fingerprint density at radius 2 is 1.88 bits per heavy atom. The van der Waals surface area contributed by atoms with Crippen LogP contribution in [0.3, 0.4) is 0 Å². The highest BCUT2D eigenvalue weighted by Gasteiger charge is 2.00. The highest BCUT2D eigenvalue weighted by molar-refractivity contribution is 6.17. The van der Waals surface area contributed by atoms with E-state index in [4.69, 9.17) is 16.3 Å². The second-order valence-electron chi connectivity index (χ2n) is 3.24. The molecule has 2 rings (SSSR count). The summed E-state index contributed by atoms with van der Waals surface area (Å²) in [4.78, 5) is 12.2. The quantitative estimate of drug-likeness (QED) is 0.768. The van der Waals surface area contributed by atoms with Crippen molar-refractivity contribution in [2.45, 2.75) is 12.8 Å². The van der Waals surface area contributed by atoms with E-state index in [-0.39, 0.29) is 0 Å². The van der Waals surface area contributed by atoms with Crippen LogP contribution in [0.4, 0.5) is 0 Å². The molecular formula is C11H10ClN3O. The van der Waals surface area contributed by atoms with Crippen LogP contribution in [0, 0.1) is 6.92 Å². The summed E-state index contributed by atoms with van der Waals surface area (Å²) in [6.45, 7) is 1.91. The summed E-state index contributed by atoms with van der Waals surface area (Å²) in [5, 5.41) is 0. The number of aromatic nitrogens is 3. The Labute approximate surface area is 98.3 Å². The maximum Gasteiger partial charge on any atom is 0.321 e. The highest BCUT2D eigenvalue weighted by atomic mass is 35.5. The van der Waals surface area contributed by atoms with Crippen molar-refractivity contribution in [3.8, 4) is 11.8 Å². The third kappa shape index (κ3) is 2.67. The molecule has 4 nitrogen and oxygen atoms in total. The second kappa shape index (κ2) is 4.90. The third-order valence-corrected chi connectivity index (χ3v) is 2.24. The molecule has 0 fully saturated rings. The first kappa shape index (κ1) is 10.8. The Kier molecular flexibility index (Phi) is 3.31. The SMILES string of the molecule is Cc1ccc(Oc2ncc(CCl)cn2)cn1. The zero-order valence-electron chi connectivity index (χ0n) is 8.72. The molecule has 0 radical (unpaired) electrons. The van der Waals surface area contributed by atoms with Gasteiger partial charge >= 0.3 is 6.01 Å². The van der Waals surface area contributed by atoms with Gasteiger partial charge in [0, 0.05) is 23.7 Å². The minimum absolute atomic E-state index is 0.291. The molecule has 0 bridgehead atoms. The summed E-state index contributed by atoms with van der Waals surface area (Å²) in [7, 11) is 0. The average molecular weight is 236 g/mol. The predicted molar refractivity (Wildman–Crippen MR) is 60.6 cm³/mol. The fourth-order valence-corrected chi connectivity index (χ4v) is 1.22. The van der Waals surface area contributed by atoms with Crippen molar-refractivity contribution in [1.29, 1.82) is 0 Å². The maximum absolute atomic E-state index is 5.63. The number of halogens is 1. The number of nitrogens with zero attached hydrogens (tertiary/aromatic N) is 3. The molecule has 0 saturated heterocycles. The van der Waals surface area contributed by atoms with Crippen LogP contribution in [-0.4, -0.2) is 15.0 Å². The number of hydrogen-bond donors (Lipinski definition) is 0. The molecule has 2 heterocycles. The minimum Gasteiger partial charge on any atom is -0.423 e. The van der Waals surface area contributed by atoms with E-state index >= 15 is 0 Å². The van der Waals surface area contributed by atoms with Crippen molar-refractivity contribution in [1.82, 2.24) is 15.0 Å². The predicted octanol–water partition coefficient (Wildman–Crippen LogP) is 2.71. The Morgan fingerprint density at radius 1 is 1.12 bits per heavy atom. The average Bonchev–Trinajstić information content (AvgIpc) is 2.33. The van der Waals surface area contributed by atoms with Crippen LogP contribution in [0.2, 0.25) is 0 Å². The van der Waals surface area contributed by atoms with Gasteiger partial charge in [0.15, 0.2) is 0 Å². The van der Waals surface area contributed by atoms with Gasteiger partial charge in [-0.15, -0.1) is 11.6 Å².